The summed E-state index contributed by atoms with van der Waals surface area (Å²) >= 11 is 8.27. The van der Waals surface area contributed by atoms with Crippen molar-refractivity contribution in [3.8, 4) is 0 Å². The number of nitrogens with zero attached hydrogens (tertiary/aromatic N) is 1. The second-order valence-corrected chi connectivity index (χ2v) is 7.82. The van der Waals surface area contributed by atoms with Crippen LogP contribution in [0.4, 0.5) is 0 Å². The van der Waals surface area contributed by atoms with Crippen LogP contribution in [0.3, 0.4) is 0 Å². The molecule has 2 aliphatic rings. The summed E-state index contributed by atoms with van der Waals surface area (Å²) in [6, 6.07) is 15.2. The van der Waals surface area contributed by atoms with Crippen molar-refractivity contribution < 1.29 is 0 Å². The van der Waals surface area contributed by atoms with Gasteiger partial charge in [-0.05, 0) is 60.4 Å². The Morgan fingerprint density at radius 3 is 2.61 bits per heavy atom. The summed E-state index contributed by atoms with van der Waals surface area (Å²) in [5.41, 5.74) is 7.19. The standard InChI is InChI=1S/C20H20ClNS/c1-22-10-8-14(9-11-22)20-17-5-3-2-4-15(17)13-23-19-7-6-16(21)12-18(19)20/h2-7,12H,8-11,13H2,1H3. The van der Waals surface area contributed by atoms with Crippen molar-refractivity contribution in [3.63, 3.8) is 0 Å². The molecule has 3 heteroatoms. The van der Waals surface area contributed by atoms with Crippen LogP contribution in [0.15, 0.2) is 52.9 Å². The number of fused-ring (bicyclic) bond motifs is 2. The van der Waals surface area contributed by atoms with Gasteiger partial charge in [-0.25, -0.2) is 0 Å². The molecule has 0 amide bonds. The monoisotopic (exact) mass is 341 g/mol. The maximum atomic E-state index is 6.34. The average Bonchev–Trinajstić information content (AvgIpc) is 2.72. The predicted octanol–water partition coefficient (Wildman–Crippen LogP) is 5.47. The zero-order chi connectivity index (χ0) is 15.8. The van der Waals surface area contributed by atoms with Gasteiger partial charge in [-0.3, -0.25) is 0 Å². The fourth-order valence-corrected chi connectivity index (χ4v) is 4.75. The van der Waals surface area contributed by atoms with Gasteiger partial charge in [0.2, 0.25) is 0 Å². The van der Waals surface area contributed by atoms with Crippen LogP contribution in [0.5, 0.6) is 0 Å². The van der Waals surface area contributed by atoms with E-state index in [1.54, 1.807) is 5.57 Å². The Morgan fingerprint density at radius 1 is 1.00 bits per heavy atom. The highest BCUT2D eigenvalue weighted by atomic mass is 35.5. The van der Waals surface area contributed by atoms with Gasteiger partial charge in [-0.2, -0.15) is 0 Å². The molecule has 23 heavy (non-hydrogen) atoms. The van der Waals surface area contributed by atoms with Crippen molar-refractivity contribution >= 4 is 28.9 Å². The highest BCUT2D eigenvalue weighted by Gasteiger charge is 2.23. The molecule has 0 spiro atoms. The molecule has 0 unspecified atom stereocenters. The molecule has 1 fully saturated rings. The summed E-state index contributed by atoms with van der Waals surface area (Å²) in [6.45, 7) is 2.29. The summed E-state index contributed by atoms with van der Waals surface area (Å²) in [4.78, 5) is 3.77. The molecule has 0 aliphatic carbocycles. The van der Waals surface area contributed by atoms with Gasteiger partial charge < -0.3 is 4.90 Å². The summed E-state index contributed by atoms with van der Waals surface area (Å²) in [6.07, 6.45) is 2.30. The fourth-order valence-electron chi connectivity index (χ4n) is 3.53. The molecule has 2 heterocycles. The number of likely N-dealkylation sites (tertiary alicyclic amines) is 1. The van der Waals surface area contributed by atoms with E-state index in [4.69, 9.17) is 11.6 Å². The van der Waals surface area contributed by atoms with Gasteiger partial charge in [0, 0.05) is 28.8 Å². The van der Waals surface area contributed by atoms with Gasteiger partial charge in [-0.15, -0.1) is 11.8 Å². The number of benzene rings is 2. The van der Waals surface area contributed by atoms with Crippen molar-refractivity contribution in [1.82, 2.24) is 4.90 Å². The molecule has 0 saturated carbocycles. The summed E-state index contributed by atoms with van der Waals surface area (Å²) in [5.74, 6) is 1.03. The van der Waals surface area contributed by atoms with Crippen molar-refractivity contribution in [2.45, 2.75) is 23.5 Å². The van der Waals surface area contributed by atoms with Crippen LogP contribution in [0.1, 0.15) is 29.5 Å². The number of piperidine rings is 1. The van der Waals surface area contributed by atoms with E-state index in [0.29, 0.717) is 0 Å². The number of halogens is 1. The quantitative estimate of drug-likeness (QED) is 0.624. The van der Waals surface area contributed by atoms with E-state index in [1.165, 1.54) is 27.2 Å². The number of hydrogen-bond acceptors (Lipinski definition) is 2. The lowest BCUT2D eigenvalue weighted by molar-refractivity contribution is 0.313. The number of rotatable bonds is 0. The Kier molecular flexibility index (Phi) is 4.23. The van der Waals surface area contributed by atoms with Crippen molar-refractivity contribution in [2.75, 3.05) is 20.1 Å². The maximum Gasteiger partial charge on any atom is 0.0412 e. The number of thioether (sulfide) groups is 1. The van der Waals surface area contributed by atoms with E-state index >= 15 is 0 Å². The maximum absolute atomic E-state index is 6.34. The first-order valence-corrected chi connectivity index (χ1v) is 9.50. The molecule has 4 rings (SSSR count). The van der Waals surface area contributed by atoms with Gasteiger partial charge in [-0.1, -0.05) is 41.4 Å². The molecule has 0 atom stereocenters. The molecular formula is C20H20ClNS. The summed E-state index contributed by atoms with van der Waals surface area (Å²) in [7, 11) is 2.21. The third kappa shape index (κ3) is 2.96. The van der Waals surface area contributed by atoms with Gasteiger partial charge in [0.05, 0.1) is 0 Å². The lowest BCUT2D eigenvalue weighted by Gasteiger charge is -2.27. The third-order valence-corrected chi connectivity index (χ3v) is 6.18. The Balaban J connectivity index is 1.95. The van der Waals surface area contributed by atoms with E-state index in [-0.39, 0.29) is 0 Å². The topological polar surface area (TPSA) is 3.24 Å². The minimum absolute atomic E-state index is 0.828. The Morgan fingerprint density at radius 2 is 1.78 bits per heavy atom. The largest absolute Gasteiger partial charge is 0.306 e. The highest BCUT2D eigenvalue weighted by molar-refractivity contribution is 7.98. The lowest BCUT2D eigenvalue weighted by atomic mass is 9.86. The van der Waals surface area contributed by atoms with E-state index in [2.05, 4.69) is 48.3 Å². The van der Waals surface area contributed by atoms with Crippen LogP contribution in [0.2, 0.25) is 5.02 Å². The molecule has 118 valence electrons. The highest BCUT2D eigenvalue weighted by Crippen LogP contribution is 2.43. The molecule has 0 aromatic heterocycles. The first-order valence-electron chi connectivity index (χ1n) is 8.14. The van der Waals surface area contributed by atoms with E-state index in [9.17, 15) is 0 Å². The predicted molar refractivity (Wildman–Crippen MR) is 100 cm³/mol. The Labute approximate surface area is 147 Å². The van der Waals surface area contributed by atoms with Gasteiger partial charge in [0.1, 0.15) is 0 Å². The molecular weight excluding hydrogens is 322 g/mol. The fraction of sp³-hybridized carbons (Fsp3) is 0.300. The van der Waals surface area contributed by atoms with E-state index in [0.717, 1.165) is 36.7 Å². The second-order valence-electron chi connectivity index (χ2n) is 6.37. The van der Waals surface area contributed by atoms with Gasteiger partial charge in [0.15, 0.2) is 0 Å². The van der Waals surface area contributed by atoms with Gasteiger partial charge >= 0.3 is 0 Å². The molecule has 1 nitrogen and oxygen atoms in total. The van der Waals surface area contributed by atoms with E-state index in [1.807, 2.05) is 17.8 Å². The molecule has 0 radical (unpaired) electrons. The van der Waals surface area contributed by atoms with Crippen LogP contribution in [0.25, 0.3) is 5.57 Å². The smallest absolute Gasteiger partial charge is 0.0412 e. The summed E-state index contributed by atoms with van der Waals surface area (Å²) in [5, 5.41) is 0.828. The van der Waals surface area contributed by atoms with Crippen LogP contribution >= 0.6 is 23.4 Å². The first-order chi connectivity index (χ1) is 11.2. The minimum Gasteiger partial charge on any atom is -0.306 e. The third-order valence-electron chi connectivity index (χ3n) is 4.82. The zero-order valence-electron chi connectivity index (χ0n) is 13.3. The number of hydrogen-bond donors (Lipinski definition) is 0. The SMILES string of the molecule is CN1CCC(=C2c3ccccc3CSc3ccc(Cl)cc32)CC1. The zero-order valence-corrected chi connectivity index (χ0v) is 14.9. The molecule has 2 aliphatic heterocycles. The van der Waals surface area contributed by atoms with Gasteiger partial charge in [0.25, 0.3) is 0 Å². The normalized spacial score (nSPS) is 18.3. The van der Waals surface area contributed by atoms with Crippen molar-refractivity contribution in [1.29, 1.82) is 0 Å². The molecule has 0 bridgehead atoms. The van der Waals surface area contributed by atoms with E-state index < -0.39 is 0 Å². The molecule has 2 aromatic rings. The van der Waals surface area contributed by atoms with Crippen molar-refractivity contribution in [2.24, 2.45) is 0 Å². The second kappa shape index (κ2) is 6.35. The lowest BCUT2D eigenvalue weighted by Crippen LogP contribution is -2.27. The van der Waals surface area contributed by atoms with Crippen molar-refractivity contribution in [3.05, 3.63) is 69.8 Å². The van der Waals surface area contributed by atoms with Crippen LogP contribution < -0.4 is 0 Å². The van der Waals surface area contributed by atoms with Crippen LogP contribution in [-0.2, 0) is 5.75 Å². The molecule has 0 N–H and O–H groups in total. The first kappa shape index (κ1) is 15.3. The Hall–Kier alpha value is -1.22. The minimum atomic E-state index is 0.828. The molecule has 1 saturated heterocycles. The molecule has 2 aromatic carbocycles. The van der Waals surface area contributed by atoms with Crippen LogP contribution in [0, 0.1) is 0 Å². The Bertz CT molecular complexity index is 771. The summed E-state index contributed by atoms with van der Waals surface area (Å²) < 4.78 is 0. The average molecular weight is 342 g/mol. The van der Waals surface area contributed by atoms with Crippen LogP contribution in [-0.4, -0.2) is 25.0 Å².